The van der Waals surface area contributed by atoms with Crippen molar-refractivity contribution in [1.82, 2.24) is 14.8 Å². The number of amides is 2. The Labute approximate surface area is 166 Å². The summed E-state index contributed by atoms with van der Waals surface area (Å²) in [4.78, 5) is 12.2. The molecule has 1 heterocycles. The van der Waals surface area contributed by atoms with Crippen LogP contribution in [0, 0.1) is 0 Å². The number of alkyl halides is 2. The van der Waals surface area contributed by atoms with E-state index in [1.54, 1.807) is 24.3 Å². The van der Waals surface area contributed by atoms with E-state index in [-0.39, 0.29) is 37.9 Å². The number of carbonyl (C=O) groups is 1. The van der Waals surface area contributed by atoms with E-state index in [1.165, 1.54) is 4.67 Å². The number of halogens is 3. The molecule has 2 amide bonds. The standard InChI is InChI=1S/C14H20Cl3N4O4P/c15-6-8-20(9-7-16)26(24)19-13(5-10-25-26)21(23)14(22)18-12-3-1-11(17)2-4-12/h1-4,13,23H,5-10H2,(H,18,22)(H,19,24). The number of urea groups is 1. The summed E-state index contributed by atoms with van der Waals surface area (Å²) in [6, 6.07) is 5.63. The van der Waals surface area contributed by atoms with E-state index >= 15 is 0 Å². The number of hydrogen-bond acceptors (Lipinski definition) is 4. The van der Waals surface area contributed by atoms with Crippen molar-refractivity contribution < 1.29 is 19.1 Å². The molecule has 2 atom stereocenters. The lowest BCUT2D eigenvalue weighted by Gasteiger charge is -2.39. The Kier molecular flexibility index (Phi) is 8.44. The van der Waals surface area contributed by atoms with E-state index in [2.05, 4.69) is 10.4 Å². The molecule has 3 N–H and O–H groups in total. The van der Waals surface area contributed by atoms with E-state index in [0.29, 0.717) is 15.8 Å². The fourth-order valence-electron chi connectivity index (χ4n) is 2.34. The topological polar surface area (TPSA) is 94.1 Å². The van der Waals surface area contributed by atoms with E-state index < -0.39 is 19.9 Å². The number of anilines is 1. The van der Waals surface area contributed by atoms with Crippen molar-refractivity contribution in [2.24, 2.45) is 0 Å². The Morgan fingerprint density at radius 1 is 1.31 bits per heavy atom. The van der Waals surface area contributed by atoms with Crippen LogP contribution in [-0.4, -0.2) is 58.6 Å². The van der Waals surface area contributed by atoms with Crippen LogP contribution in [0.3, 0.4) is 0 Å². The lowest BCUT2D eigenvalue weighted by Crippen LogP contribution is -2.52. The molecular formula is C14H20Cl3N4O4P. The Balaban J connectivity index is 2.03. The summed E-state index contributed by atoms with van der Waals surface area (Å²) in [5.41, 5.74) is 0.458. The predicted molar refractivity (Wildman–Crippen MR) is 102 cm³/mol. The van der Waals surface area contributed by atoms with Gasteiger partial charge in [0.1, 0.15) is 6.17 Å². The van der Waals surface area contributed by atoms with Crippen LogP contribution in [0.2, 0.25) is 5.02 Å². The number of carbonyl (C=O) groups excluding carboxylic acids is 1. The van der Waals surface area contributed by atoms with Crippen LogP contribution >= 0.6 is 42.5 Å². The zero-order chi connectivity index (χ0) is 19.2. The van der Waals surface area contributed by atoms with Crippen LogP contribution in [-0.2, 0) is 9.09 Å². The summed E-state index contributed by atoms with van der Waals surface area (Å²) in [6.07, 6.45) is -0.639. The maximum absolute atomic E-state index is 13.0. The first kappa shape index (κ1) is 21.7. The van der Waals surface area contributed by atoms with Gasteiger partial charge in [-0.1, -0.05) is 11.6 Å². The summed E-state index contributed by atoms with van der Waals surface area (Å²) < 4.78 is 19.9. The summed E-state index contributed by atoms with van der Waals surface area (Å²) >= 11 is 17.3. The third-order valence-corrected chi connectivity index (χ3v) is 6.52. The van der Waals surface area contributed by atoms with Crippen LogP contribution < -0.4 is 10.4 Å². The van der Waals surface area contributed by atoms with Crippen molar-refractivity contribution in [2.45, 2.75) is 12.6 Å². The van der Waals surface area contributed by atoms with Crippen molar-refractivity contribution >= 4 is 54.2 Å². The average molecular weight is 446 g/mol. The minimum Gasteiger partial charge on any atom is -0.306 e. The smallest absolute Gasteiger partial charge is 0.306 e. The van der Waals surface area contributed by atoms with Crippen LogP contribution in [0.15, 0.2) is 24.3 Å². The maximum atomic E-state index is 13.0. The first-order valence-electron chi connectivity index (χ1n) is 7.84. The van der Waals surface area contributed by atoms with Gasteiger partial charge in [0.2, 0.25) is 0 Å². The highest BCUT2D eigenvalue weighted by atomic mass is 35.5. The van der Waals surface area contributed by atoms with Crippen LogP contribution in [0.4, 0.5) is 10.5 Å². The lowest BCUT2D eigenvalue weighted by atomic mass is 10.3. The van der Waals surface area contributed by atoms with E-state index in [1.807, 2.05) is 0 Å². The van der Waals surface area contributed by atoms with Crippen LogP contribution in [0.1, 0.15) is 6.42 Å². The number of hydroxylamine groups is 2. The molecule has 1 aliphatic heterocycles. The van der Waals surface area contributed by atoms with E-state index in [9.17, 15) is 14.6 Å². The zero-order valence-electron chi connectivity index (χ0n) is 13.8. The predicted octanol–water partition coefficient (Wildman–Crippen LogP) is 3.79. The van der Waals surface area contributed by atoms with Crippen molar-refractivity contribution in [3.63, 3.8) is 0 Å². The van der Waals surface area contributed by atoms with Gasteiger partial charge in [0, 0.05) is 42.0 Å². The molecule has 2 rings (SSSR count). The second-order valence-electron chi connectivity index (χ2n) is 5.40. The second kappa shape index (κ2) is 10.1. The molecule has 8 nitrogen and oxygen atoms in total. The third kappa shape index (κ3) is 5.71. The summed E-state index contributed by atoms with van der Waals surface area (Å²) in [6.45, 7) is 0.669. The molecule has 2 unspecified atom stereocenters. The SMILES string of the molecule is O=C(Nc1ccc(Cl)cc1)N(O)C1CCOP(=O)(N(CCCl)CCCl)N1. The molecule has 0 saturated carbocycles. The minimum atomic E-state index is -3.48. The molecule has 26 heavy (non-hydrogen) atoms. The van der Waals surface area contributed by atoms with Crippen molar-refractivity contribution in [3.05, 3.63) is 29.3 Å². The van der Waals surface area contributed by atoms with Gasteiger partial charge in [-0.3, -0.25) is 9.77 Å². The Morgan fingerprint density at radius 2 is 1.92 bits per heavy atom. The minimum absolute atomic E-state index is 0.0985. The maximum Gasteiger partial charge on any atom is 0.347 e. The molecule has 1 fully saturated rings. The quantitative estimate of drug-likeness (QED) is 0.256. The fraction of sp³-hybridized carbons (Fsp3) is 0.500. The van der Waals surface area contributed by atoms with Crippen molar-refractivity contribution in [3.8, 4) is 0 Å². The number of benzene rings is 1. The first-order valence-corrected chi connectivity index (χ1v) is 10.9. The van der Waals surface area contributed by atoms with Crippen LogP contribution in [0.5, 0.6) is 0 Å². The number of rotatable bonds is 7. The monoisotopic (exact) mass is 444 g/mol. The van der Waals surface area contributed by atoms with Crippen molar-refractivity contribution in [1.29, 1.82) is 0 Å². The molecule has 1 aromatic rings. The summed E-state index contributed by atoms with van der Waals surface area (Å²) in [7, 11) is -3.48. The van der Waals surface area contributed by atoms with Gasteiger partial charge in [0.05, 0.1) is 6.61 Å². The molecular weight excluding hydrogens is 426 g/mol. The fourth-order valence-corrected chi connectivity index (χ4v) is 5.21. The molecule has 146 valence electrons. The second-order valence-corrected chi connectivity index (χ2v) is 8.72. The highest BCUT2D eigenvalue weighted by molar-refractivity contribution is 7.54. The highest BCUT2D eigenvalue weighted by Crippen LogP contribution is 2.49. The van der Waals surface area contributed by atoms with E-state index in [0.717, 1.165) is 0 Å². The Morgan fingerprint density at radius 3 is 2.50 bits per heavy atom. The largest absolute Gasteiger partial charge is 0.347 e. The van der Waals surface area contributed by atoms with Gasteiger partial charge in [0.15, 0.2) is 0 Å². The number of hydrogen-bond donors (Lipinski definition) is 3. The molecule has 1 aromatic carbocycles. The summed E-state index contributed by atoms with van der Waals surface area (Å²) in [5.74, 6) is 0.465. The van der Waals surface area contributed by atoms with Gasteiger partial charge >= 0.3 is 13.7 Å². The van der Waals surface area contributed by atoms with Gasteiger partial charge in [-0.05, 0) is 24.3 Å². The average Bonchev–Trinajstić information content (AvgIpc) is 2.63. The highest BCUT2D eigenvalue weighted by Gasteiger charge is 2.40. The molecule has 0 bridgehead atoms. The van der Waals surface area contributed by atoms with Crippen molar-refractivity contribution in [2.75, 3.05) is 36.8 Å². The summed E-state index contributed by atoms with van der Waals surface area (Å²) in [5, 5.41) is 16.4. The molecule has 0 radical (unpaired) electrons. The normalized spacial score (nSPS) is 23.0. The lowest BCUT2D eigenvalue weighted by molar-refractivity contribution is -0.0876. The third-order valence-electron chi connectivity index (χ3n) is 3.63. The number of nitrogens with zero attached hydrogens (tertiary/aromatic N) is 2. The molecule has 1 saturated heterocycles. The Bertz CT molecular complexity index is 646. The van der Waals surface area contributed by atoms with Crippen LogP contribution in [0.25, 0.3) is 0 Å². The first-order chi connectivity index (χ1) is 12.4. The zero-order valence-corrected chi connectivity index (χ0v) is 16.9. The molecule has 0 spiro atoms. The molecule has 12 heteroatoms. The molecule has 0 aliphatic carbocycles. The molecule has 0 aromatic heterocycles. The van der Waals surface area contributed by atoms with Gasteiger partial charge in [-0.25, -0.2) is 14.6 Å². The molecule has 1 aliphatic rings. The van der Waals surface area contributed by atoms with Gasteiger partial charge < -0.3 is 9.84 Å². The van der Waals surface area contributed by atoms with Gasteiger partial charge in [-0.15, -0.1) is 23.2 Å². The van der Waals surface area contributed by atoms with Gasteiger partial charge in [-0.2, -0.15) is 5.06 Å². The Hall–Kier alpha value is -0.570. The van der Waals surface area contributed by atoms with Gasteiger partial charge in [0.25, 0.3) is 0 Å². The van der Waals surface area contributed by atoms with E-state index in [4.69, 9.17) is 39.3 Å². The number of nitrogens with one attached hydrogen (secondary N) is 2.